The first-order valence-electron chi connectivity index (χ1n) is 4.14. The first-order chi connectivity index (χ1) is 6.47. The molecule has 78 valence electrons. The molecule has 0 aliphatic rings. The third kappa shape index (κ3) is 5.11. The number of carboxylic acid groups (broad SMARTS) is 1. The van der Waals surface area contributed by atoms with Crippen LogP contribution in [0.3, 0.4) is 0 Å². The van der Waals surface area contributed by atoms with Crippen molar-refractivity contribution in [3.63, 3.8) is 0 Å². The molecule has 0 heterocycles. The van der Waals surface area contributed by atoms with Gasteiger partial charge in [0.25, 0.3) is 0 Å². The molecule has 2 atom stereocenters. The van der Waals surface area contributed by atoms with Crippen molar-refractivity contribution in [2.75, 3.05) is 0 Å². The van der Waals surface area contributed by atoms with Crippen LogP contribution in [0.5, 0.6) is 0 Å². The van der Waals surface area contributed by atoms with Gasteiger partial charge in [0.1, 0.15) is 12.1 Å². The van der Waals surface area contributed by atoms with Crippen LogP contribution in [0.4, 0.5) is 0 Å². The topological polar surface area (TPSA) is 116 Å². The largest absolute Gasteiger partial charge is 0.480 e. The molecule has 0 rings (SSSR count). The zero-order valence-electron chi connectivity index (χ0n) is 7.86. The Bertz CT molecular complexity index is 259. The molecule has 0 bridgehead atoms. The molecule has 0 aromatic heterocycles. The van der Waals surface area contributed by atoms with Gasteiger partial charge in [0, 0.05) is 6.42 Å². The van der Waals surface area contributed by atoms with Crippen LogP contribution in [0.1, 0.15) is 19.8 Å². The van der Waals surface area contributed by atoms with Gasteiger partial charge in [-0.3, -0.25) is 9.59 Å². The van der Waals surface area contributed by atoms with Crippen LogP contribution in [0.2, 0.25) is 0 Å². The summed E-state index contributed by atoms with van der Waals surface area (Å²) < 4.78 is 0. The van der Waals surface area contributed by atoms with E-state index in [0.717, 1.165) is 0 Å². The van der Waals surface area contributed by atoms with E-state index in [1.54, 1.807) is 0 Å². The van der Waals surface area contributed by atoms with Gasteiger partial charge in [-0.2, -0.15) is 5.26 Å². The predicted octanol–water partition coefficient (Wildman–Crippen LogP) is -0.793. The minimum atomic E-state index is -1.13. The maximum atomic E-state index is 11.0. The SMILES string of the molecule is CC(C#N)NC(=O)CC[C@H](N)C(=O)O. The van der Waals surface area contributed by atoms with Gasteiger partial charge < -0.3 is 16.2 Å². The second-order valence-corrected chi connectivity index (χ2v) is 2.90. The summed E-state index contributed by atoms with van der Waals surface area (Å²) in [7, 11) is 0. The lowest BCUT2D eigenvalue weighted by molar-refractivity contribution is -0.138. The molecule has 14 heavy (non-hydrogen) atoms. The normalized spacial score (nSPS) is 13.8. The molecule has 6 nitrogen and oxygen atoms in total. The van der Waals surface area contributed by atoms with Crippen LogP contribution in [0, 0.1) is 11.3 Å². The highest BCUT2D eigenvalue weighted by molar-refractivity contribution is 5.78. The van der Waals surface area contributed by atoms with Crippen LogP contribution in [-0.2, 0) is 9.59 Å². The zero-order valence-corrected chi connectivity index (χ0v) is 7.86. The Hall–Kier alpha value is -1.61. The fourth-order valence-corrected chi connectivity index (χ4v) is 0.756. The van der Waals surface area contributed by atoms with Crippen LogP contribution in [0.25, 0.3) is 0 Å². The highest BCUT2D eigenvalue weighted by Gasteiger charge is 2.14. The molecule has 0 radical (unpaired) electrons. The average molecular weight is 199 g/mol. The molecule has 0 saturated heterocycles. The fourth-order valence-electron chi connectivity index (χ4n) is 0.756. The van der Waals surface area contributed by atoms with Gasteiger partial charge in [-0.25, -0.2) is 0 Å². The smallest absolute Gasteiger partial charge is 0.320 e. The lowest BCUT2D eigenvalue weighted by Gasteiger charge is -2.07. The van der Waals surface area contributed by atoms with Gasteiger partial charge in [-0.05, 0) is 13.3 Å². The van der Waals surface area contributed by atoms with E-state index in [-0.39, 0.29) is 18.7 Å². The highest BCUT2D eigenvalue weighted by atomic mass is 16.4. The lowest BCUT2D eigenvalue weighted by atomic mass is 10.1. The van der Waals surface area contributed by atoms with Crippen molar-refractivity contribution in [1.82, 2.24) is 5.32 Å². The van der Waals surface area contributed by atoms with Crippen LogP contribution >= 0.6 is 0 Å². The van der Waals surface area contributed by atoms with E-state index in [4.69, 9.17) is 16.1 Å². The van der Waals surface area contributed by atoms with Crippen molar-refractivity contribution in [2.45, 2.75) is 31.8 Å². The predicted molar refractivity (Wildman–Crippen MR) is 48.1 cm³/mol. The van der Waals surface area contributed by atoms with Crippen molar-refractivity contribution in [3.05, 3.63) is 0 Å². The molecule has 0 fully saturated rings. The average Bonchev–Trinajstić information content (AvgIpc) is 2.13. The number of carbonyl (C=O) groups excluding carboxylic acids is 1. The first kappa shape index (κ1) is 12.4. The molecule has 0 aliphatic carbocycles. The first-order valence-corrected chi connectivity index (χ1v) is 4.14. The van der Waals surface area contributed by atoms with Crippen LogP contribution in [0.15, 0.2) is 0 Å². The molecule has 0 saturated carbocycles. The number of nitrogens with zero attached hydrogens (tertiary/aromatic N) is 1. The molecular formula is C8H13N3O3. The summed E-state index contributed by atoms with van der Waals surface area (Å²) in [5.74, 6) is -1.50. The molecule has 6 heteroatoms. The Labute approximate surface area is 81.7 Å². The Morgan fingerprint density at radius 3 is 2.64 bits per heavy atom. The molecule has 0 spiro atoms. The Balaban J connectivity index is 3.76. The van der Waals surface area contributed by atoms with Crippen LogP contribution < -0.4 is 11.1 Å². The van der Waals surface area contributed by atoms with Crippen LogP contribution in [-0.4, -0.2) is 29.1 Å². The Morgan fingerprint density at radius 1 is 1.64 bits per heavy atom. The summed E-state index contributed by atoms with van der Waals surface area (Å²) >= 11 is 0. The maximum Gasteiger partial charge on any atom is 0.320 e. The third-order valence-corrected chi connectivity index (χ3v) is 1.57. The van der Waals surface area contributed by atoms with E-state index in [1.807, 2.05) is 6.07 Å². The highest BCUT2D eigenvalue weighted by Crippen LogP contribution is 1.95. The summed E-state index contributed by atoms with van der Waals surface area (Å²) in [6.45, 7) is 1.54. The summed E-state index contributed by atoms with van der Waals surface area (Å²) in [5.41, 5.74) is 5.18. The van der Waals surface area contributed by atoms with Gasteiger partial charge >= 0.3 is 5.97 Å². The number of rotatable bonds is 5. The Morgan fingerprint density at radius 2 is 2.21 bits per heavy atom. The van der Waals surface area contributed by atoms with Crippen molar-refractivity contribution in [1.29, 1.82) is 5.26 Å². The van der Waals surface area contributed by atoms with E-state index in [9.17, 15) is 9.59 Å². The lowest BCUT2D eigenvalue weighted by Crippen LogP contribution is -2.35. The number of nitrogens with one attached hydrogen (secondary N) is 1. The molecule has 4 N–H and O–H groups in total. The zero-order chi connectivity index (χ0) is 11.1. The summed E-state index contributed by atoms with van der Waals surface area (Å²) in [4.78, 5) is 21.3. The van der Waals surface area contributed by atoms with E-state index >= 15 is 0 Å². The standard InChI is InChI=1S/C8H13N3O3/c1-5(4-9)11-7(12)3-2-6(10)8(13)14/h5-6H,2-3,10H2,1H3,(H,11,12)(H,13,14)/t5?,6-/m0/s1. The monoisotopic (exact) mass is 199 g/mol. The summed E-state index contributed by atoms with van der Waals surface area (Å²) in [6, 6.07) is 0.231. The van der Waals surface area contributed by atoms with Gasteiger partial charge in [0.05, 0.1) is 6.07 Å². The van der Waals surface area contributed by atoms with E-state index in [0.29, 0.717) is 0 Å². The van der Waals surface area contributed by atoms with Gasteiger partial charge in [0.15, 0.2) is 0 Å². The van der Waals surface area contributed by atoms with Gasteiger partial charge in [0.2, 0.25) is 5.91 Å². The van der Waals surface area contributed by atoms with E-state index < -0.39 is 18.1 Å². The molecule has 0 aromatic rings. The second-order valence-electron chi connectivity index (χ2n) is 2.90. The van der Waals surface area contributed by atoms with Crippen molar-refractivity contribution in [3.8, 4) is 6.07 Å². The molecule has 0 aliphatic heterocycles. The number of carbonyl (C=O) groups is 2. The molecule has 1 unspecified atom stereocenters. The Kier molecular flexibility index (Phi) is 5.26. The second kappa shape index (κ2) is 5.94. The number of carboxylic acids is 1. The number of nitriles is 1. The van der Waals surface area contributed by atoms with Crippen molar-refractivity contribution < 1.29 is 14.7 Å². The third-order valence-electron chi connectivity index (χ3n) is 1.57. The fraction of sp³-hybridized carbons (Fsp3) is 0.625. The number of hydrogen-bond donors (Lipinski definition) is 3. The number of aliphatic carboxylic acids is 1. The van der Waals surface area contributed by atoms with E-state index in [2.05, 4.69) is 5.32 Å². The van der Waals surface area contributed by atoms with Crippen molar-refractivity contribution in [2.24, 2.45) is 5.73 Å². The minimum absolute atomic E-state index is 0.0134. The maximum absolute atomic E-state index is 11.0. The summed E-state index contributed by atoms with van der Waals surface area (Å²) in [5, 5.41) is 19.2. The number of hydrogen-bond acceptors (Lipinski definition) is 4. The molecule has 0 aromatic carbocycles. The summed E-state index contributed by atoms with van der Waals surface area (Å²) in [6.07, 6.45) is 0.0821. The minimum Gasteiger partial charge on any atom is -0.480 e. The quantitative estimate of drug-likeness (QED) is 0.536. The van der Waals surface area contributed by atoms with Gasteiger partial charge in [-0.1, -0.05) is 0 Å². The molecule has 1 amide bonds. The van der Waals surface area contributed by atoms with Crippen molar-refractivity contribution >= 4 is 11.9 Å². The van der Waals surface area contributed by atoms with Gasteiger partial charge in [-0.15, -0.1) is 0 Å². The molecular weight excluding hydrogens is 186 g/mol. The van der Waals surface area contributed by atoms with E-state index in [1.165, 1.54) is 6.92 Å². The number of nitrogens with two attached hydrogens (primary N) is 1. The number of amides is 1.